The van der Waals surface area contributed by atoms with Gasteiger partial charge in [0.05, 0.1) is 29.6 Å². The van der Waals surface area contributed by atoms with E-state index in [1.54, 1.807) is 38.1 Å². The van der Waals surface area contributed by atoms with Crippen molar-refractivity contribution in [2.75, 3.05) is 5.32 Å². The van der Waals surface area contributed by atoms with Crippen LogP contribution in [-0.4, -0.2) is 25.0 Å². The van der Waals surface area contributed by atoms with Gasteiger partial charge in [0.25, 0.3) is 0 Å². The van der Waals surface area contributed by atoms with Gasteiger partial charge in [-0.15, -0.1) is 11.3 Å². The third kappa shape index (κ3) is 3.36. The highest BCUT2D eigenvalue weighted by Gasteiger charge is 2.16. The summed E-state index contributed by atoms with van der Waals surface area (Å²) in [6.45, 7) is 5.28. The normalized spacial score (nSPS) is 13.7. The molecule has 4 rings (SSSR count). The lowest BCUT2D eigenvalue weighted by atomic mass is 9.97. The SMILES string of the molecule is [2H]C([2H])(Nc1ncnc2c1sc1nc(C)nc(C)c12)c1ccc(C(C)(C)O)cc1. The van der Waals surface area contributed by atoms with Crippen molar-refractivity contribution >= 4 is 37.6 Å². The number of thiophene rings is 1. The monoisotopic (exact) mass is 381 g/mol. The van der Waals surface area contributed by atoms with Crippen molar-refractivity contribution in [2.45, 2.75) is 39.8 Å². The maximum Gasteiger partial charge on any atom is 0.147 e. The van der Waals surface area contributed by atoms with Crippen LogP contribution in [0.15, 0.2) is 30.6 Å². The highest BCUT2D eigenvalue weighted by Crippen LogP contribution is 2.36. The van der Waals surface area contributed by atoms with Crippen LogP contribution in [0.3, 0.4) is 0 Å². The summed E-state index contributed by atoms with van der Waals surface area (Å²) in [6, 6.07) is 6.79. The Morgan fingerprint density at radius 2 is 1.89 bits per heavy atom. The van der Waals surface area contributed by atoms with E-state index in [4.69, 9.17) is 2.74 Å². The minimum atomic E-state index is -1.87. The van der Waals surface area contributed by atoms with Gasteiger partial charge >= 0.3 is 0 Å². The highest BCUT2D eigenvalue weighted by atomic mass is 32.1. The molecule has 4 aromatic rings. The second kappa shape index (κ2) is 6.51. The molecule has 0 spiro atoms. The fourth-order valence-electron chi connectivity index (χ4n) is 2.95. The second-order valence-corrected chi connectivity index (χ2v) is 7.92. The molecule has 0 aliphatic rings. The summed E-state index contributed by atoms with van der Waals surface area (Å²) in [4.78, 5) is 18.4. The van der Waals surface area contributed by atoms with E-state index in [0.29, 0.717) is 22.7 Å². The molecule has 7 heteroatoms. The van der Waals surface area contributed by atoms with Gasteiger partial charge in [0.2, 0.25) is 0 Å². The molecule has 0 saturated heterocycles. The number of nitrogens with zero attached hydrogens (tertiary/aromatic N) is 4. The quantitative estimate of drug-likeness (QED) is 0.554. The van der Waals surface area contributed by atoms with Gasteiger partial charge in [-0.25, -0.2) is 19.9 Å². The summed E-state index contributed by atoms with van der Waals surface area (Å²) in [5.74, 6) is 1.10. The molecule has 0 aliphatic heterocycles. The summed E-state index contributed by atoms with van der Waals surface area (Å²) in [7, 11) is 0. The van der Waals surface area contributed by atoms with Crippen LogP contribution in [0.2, 0.25) is 0 Å². The summed E-state index contributed by atoms with van der Waals surface area (Å²) in [5, 5.41) is 13.9. The zero-order chi connectivity index (χ0) is 21.0. The molecule has 0 bridgehead atoms. The van der Waals surface area contributed by atoms with E-state index >= 15 is 0 Å². The third-order valence-electron chi connectivity index (χ3n) is 4.32. The smallest absolute Gasteiger partial charge is 0.147 e. The average molecular weight is 382 g/mol. The molecule has 0 fully saturated rings. The molecule has 0 saturated carbocycles. The van der Waals surface area contributed by atoms with Gasteiger partial charge in [-0.3, -0.25) is 0 Å². The number of aliphatic hydroxyl groups is 1. The number of aryl methyl sites for hydroxylation is 2. The van der Waals surface area contributed by atoms with Crippen LogP contribution < -0.4 is 5.32 Å². The lowest BCUT2D eigenvalue weighted by Crippen LogP contribution is -2.15. The first kappa shape index (κ1) is 15.4. The first-order chi connectivity index (χ1) is 13.6. The van der Waals surface area contributed by atoms with Gasteiger partial charge in [-0.2, -0.15) is 0 Å². The number of anilines is 1. The maximum absolute atomic E-state index is 10.1. The number of rotatable bonds is 4. The molecule has 3 heterocycles. The Morgan fingerprint density at radius 1 is 1.15 bits per heavy atom. The fourth-order valence-corrected chi connectivity index (χ4v) is 4.12. The van der Waals surface area contributed by atoms with Gasteiger partial charge in [-0.1, -0.05) is 24.3 Å². The van der Waals surface area contributed by atoms with E-state index in [-0.39, 0.29) is 0 Å². The van der Waals surface area contributed by atoms with Crippen molar-refractivity contribution in [2.24, 2.45) is 0 Å². The molecule has 0 aliphatic carbocycles. The Labute approximate surface area is 164 Å². The van der Waals surface area contributed by atoms with Crippen LogP contribution in [0.25, 0.3) is 20.4 Å². The van der Waals surface area contributed by atoms with Crippen molar-refractivity contribution < 1.29 is 7.85 Å². The topological polar surface area (TPSA) is 83.8 Å². The zero-order valence-electron chi connectivity index (χ0n) is 17.5. The van der Waals surface area contributed by atoms with E-state index in [1.165, 1.54) is 17.7 Å². The number of nitrogens with one attached hydrogen (secondary N) is 1. The van der Waals surface area contributed by atoms with Crippen molar-refractivity contribution in [3.63, 3.8) is 0 Å². The molecule has 6 nitrogen and oxygen atoms in total. The fraction of sp³-hybridized carbons (Fsp3) is 0.300. The predicted molar refractivity (Wildman–Crippen MR) is 109 cm³/mol. The summed E-state index contributed by atoms with van der Waals surface area (Å²) in [5.41, 5.74) is 1.73. The van der Waals surface area contributed by atoms with Crippen molar-refractivity contribution in [3.8, 4) is 0 Å². The van der Waals surface area contributed by atoms with Gasteiger partial charge in [0.1, 0.15) is 22.8 Å². The van der Waals surface area contributed by atoms with Crippen molar-refractivity contribution in [3.05, 3.63) is 53.2 Å². The second-order valence-electron chi connectivity index (χ2n) is 6.92. The first-order valence-corrected chi connectivity index (χ1v) is 9.38. The van der Waals surface area contributed by atoms with Crippen molar-refractivity contribution in [1.29, 1.82) is 0 Å². The zero-order valence-corrected chi connectivity index (χ0v) is 16.3. The lowest BCUT2D eigenvalue weighted by Gasteiger charge is -2.18. The molecule has 0 amide bonds. The summed E-state index contributed by atoms with van der Waals surface area (Å²) < 4.78 is 17.8. The number of hydrogen-bond donors (Lipinski definition) is 2. The minimum Gasteiger partial charge on any atom is -0.386 e. The average Bonchev–Trinajstić information content (AvgIpc) is 3.00. The third-order valence-corrected chi connectivity index (χ3v) is 5.40. The minimum absolute atomic E-state index is 0.409. The Bertz CT molecular complexity index is 1220. The van der Waals surface area contributed by atoms with Gasteiger partial charge < -0.3 is 10.4 Å². The number of hydrogen-bond acceptors (Lipinski definition) is 7. The van der Waals surface area contributed by atoms with Crippen LogP contribution in [0.1, 0.15) is 39.2 Å². The predicted octanol–water partition coefficient (Wildman–Crippen LogP) is 4.09. The standard InChI is InChI=1S/C20H21N5OS/c1-11-15-16-17(27-19(15)25-12(2)24-11)18(23-10-22-16)21-9-13-5-7-14(8-6-13)20(3,4)26/h5-8,10,26H,9H2,1-4H3,(H,21,22,23)/i9D2. The molecule has 3 aromatic heterocycles. The molecule has 27 heavy (non-hydrogen) atoms. The Kier molecular flexibility index (Phi) is 3.72. The first-order valence-electron chi connectivity index (χ1n) is 9.56. The van der Waals surface area contributed by atoms with Crippen LogP contribution in [0, 0.1) is 13.8 Å². The summed E-state index contributed by atoms with van der Waals surface area (Å²) >= 11 is 1.42. The highest BCUT2D eigenvalue weighted by molar-refractivity contribution is 7.26. The van der Waals surface area contributed by atoms with Crippen LogP contribution >= 0.6 is 11.3 Å². The summed E-state index contributed by atoms with van der Waals surface area (Å²) in [6.07, 6.45) is 1.42. The van der Waals surface area contributed by atoms with E-state index in [1.807, 2.05) is 13.8 Å². The lowest BCUT2D eigenvalue weighted by molar-refractivity contribution is 0.0786. The maximum atomic E-state index is 10.1. The van der Waals surface area contributed by atoms with E-state index in [2.05, 4.69) is 25.3 Å². The number of benzene rings is 1. The molecule has 138 valence electrons. The number of aromatic nitrogens is 4. The van der Waals surface area contributed by atoms with Gasteiger partial charge in [0.15, 0.2) is 0 Å². The van der Waals surface area contributed by atoms with Gasteiger partial charge in [-0.05, 0) is 38.8 Å². The van der Waals surface area contributed by atoms with Crippen molar-refractivity contribution in [1.82, 2.24) is 19.9 Å². The molecule has 2 N–H and O–H groups in total. The van der Waals surface area contributed by atoms with E-state index < -0.39 is 12.1 Å². The Morgan fingerprint density at radius 3 is 2.59 bits per heavy atom. The Hall–Kier alpha value is -2.64. The Balaban J connectivity index is 1.76. The molecular formula is C20H21N5OS. The molecule has 0 radical (unpaired) electrons. The van der Waals surface area contributed by atoms with Gasteiger partial charge in [0, 0.05) is 6.50 Å². The van der Waals surface area contributed by atoms with Crippen LogP contribution in [0.5, 0.6) is 0 Å². The van der Waals surface area contributed by atoms with Crippen LogP contribution in [0.4, 0.5) is 5.82 Å². The number of fused-ring (bicyclic) bond motifs is 3. The largest absolute Gasteiger partial charge is 0.386 e. The molecule has 1 aromatic carbocycles. The molecule has 0 atom stereocenters. The van der Waals surface area contributed by atoms with Crippen LogP contribution in [-0.2, 0) is 12.1 Å². The molecular weight excluding hydrogens is 358 g/mol. The van der Waals surface area contributed by atoms with E-state index in [9.17, 15) is 5.11 Å². The molecule has 0 unspecified atom stereocenters. The van der Waals surface area contributed by atoms with E-state index in [0.717, 1.165) is 26.2 Å².